The molecule has 3 aliphatic heterocycles. The van der Waals surface area contributed by atoms with Crippen molar-refractivity contribution in [1.29, 1.82) is 0 Å². The molecular formula is C21H40Cl2N4O3. The highest BCUT2D eigenvalue weighted by atomic mass is 35.5. The van der Waals surface area contributed by atoms with Gasteiger partial charge in [-0.2, -0.15) is 0 Å². The van der Waals surface area contributed by atoms with Crippen LogP contribution in [0.4, 0.5) is 0 Å². The summed E-state index contributed by atoms with van der Waals surface area (Å²) in [4.78, 5) is 32.4. The summed E-state index contributed by atoms with van der Waals surface area (Å²) < 4.78 is 5.42. The van der Waals surface area contributed by atoms with Crippen molar-refractivity contribution in [2.75, 3.05) is 72.6 Å². The van der Waals surface area contributed by atoms with Gasteiger partial charge < -0.3 is 24.8 Å². The Morgan fingerprint density at radius 3 is 2.10 bits per heavy atom. The van der Waals surface area contributed by atoms with Crippen LogP contribution in [-0.4, -0.2) is 99.1 Å². The lowest BCUT2D eigenvalue weighted by Crippen LogP contribution is -2.53. The summed E-state index contributed by atoms with van der Waals surface area (Å²) in [6, 6.07) is 0. The second kappa shape index (κ2) is 13.1. The zero-order chi connectivity index (χ0) is 20.0. The summed E-state index contributed by atoms with van der Waals surface area (Å²) in [7, 11) is 1.69. The minimum atomic E-state index is -0.360. The summed E-state index contributed by atoms with van der Waals surface area (Å²) in [6.07, 6.45) is 4.21. The number of carbonyl (C=O) groups excluding carboxylic acids is 2. The van der Waals surface area contributed by atoms with E-state index in [4.69, 9.17) is 4.74 Å². The van der Waals surface area contributed by atoms with Gasteiger partial charge in [0.2, 0.25) is 11.8 Å². The van der Waals surface area contributed by atoms with Gasteiger partial charge in [-0.1, -0.05) is 6.92 Å². The molecule has 0 aromatic carbocycles. The van der Waals surface area contributed by atoms with Crippen LogP contribution in [-0.2, 0) is 14.3 Å². The molecule has 176 valence electrons. The first kappa shape index (κ1) is 27.4. The van der Waals surface area contributed by atoms with Crippen molar-refractivity contribution in [1.82, 2.24) is 20.0 Å². The first-order valence-corrected chi connectivity index (χ1v) is 11.1. The Morgan fingerprint density at radius 1 is 0.967 bits per heavy atom. The number of piperidine rings is 2. The summed E-state index contributed by atoms with van der Waals surface area (Å²) in [5.41, 5.74) is -0.360. The van der Waals surface area contributed by atoms with Crippen LogP contribution in [0.3, 0.4) is 0 Å². The van der Waals surface area contributed by atoms with E-state index in [1.54, 1.807) is 7.11 Å². The summed E-state index contributed by atoms with van der Waals surface area (Å²) in [6.45, 7) is 10.8. The van der Waals surface area contributed by atoms with Gasteiger partial charge in [0.1, 0.15) is 0 Å². The summed E-state index contributed by atoms with van der Waals surface area (Å²) in [5, 5.41) is 3.35. The van der Waals surface area contributed by atoms with Crippen molar-refractivity contribution in [3.8, 4) is 0 Å². The Bertz CT molecular complexity index is 525. The normalized spacial score (nSPS) is 22.7. The highest BCUT2D eigenvalue weighted by Crippen LogP contribution is 2.33. The van der Waals surface area contributed by atoms with Crippen molar-refractivity contribution in [3.05, 3.63) is 0 Å². The number of amides is 2. The maximum atomic E-state index is 13.2. The number of nitrogens with zero attached hydrogens (tertiary/aromatic N) is 3. The molecule has 0 radical (unpaired) electrons. The lowest BCUT2D eigenvalue weighted by Gasteiger charge is -2.42. The van der Waals surface area contributed by atoms with Gasteiger partial charge >= 0.3 is 0 Å². The van der Waals surface area contributed by atoms with E-state index in [2.05, 4.69) is 17.1 Å². The molecule has 3 rings (SSSR count). The number of likely N-dealkylation sites (N-methyl/N-ethyl adjacent to an activating group) is 1. The van der Waals surface area contributed by atoms with Crippen LogP contribution in [0, 0.1) is 11.3 Å². The van der Waals surface area contributed by atoms with Crippen LogP contribution >= 0.6 is 24.8 Å². The minimum Gasteiger partial charge on any atom is -0.384 e. The fraction of sp³-hybridized carbons (Fsp3) is 0.905. The SMILES string of the molecule is CCN1CCN(C(=O)CC2CCN(C(=O)C3(COC)CCNCC3)CC2)CC1.Cl.Cl. The maximum absolute atomic E-state index is 13.2. The molecule has 0 spiro atoms. The molecule has 3 saturated heterocycles. The number of nitrogens with one attached hydrogen (secondary N) is 1. The molecule has 3 fully saturated rings. The fourth-order valence-electron chi connectivity index (χ4n) is 4.97. The number of hydrogen-bond donors (Lipinski definition) is 1. The number of rotatable bonds is 6. The monoisotopic (exact) mass is 466 g/mol. The molecule has 0 aromatic heterocycles. The van der Waals surface area contributed by atoms with E-state index in [1.807, 2.05) is 9.80 Å². The highest BCUT2D eigenvalue weighted by Gasteiger charge is 2.43. The molecule has 3 heterocycles. The number of ether oxygens (including phenoxy) is 1. The highest BCUT2D eigenvalue weighted by molar-refractivity contribution is 5.85. The molecule has 1 N–H and O–H groups in total. The second-order valence-electron chi connectivity index (χ2n) is 8.72. The van der Waals surface area contributed by atoms with E-state index in [0.717, 1.165) is 84.6 Å². The van der Waals surface area contributed by atoms with E-state index in [9.17, 15) is 9.59 Å². The third-order valence-electron chi connectivity index (χ3n) is 6.97. The third-order valence-corrected chi connectivity index (χ3v) is 6.97. The van der Waals surface area contributed by atoms with E-state index in [1.165, 1.54) is 0 Å². The summed E-state index contributed by atoms with van der Waals surface area (Å²) in [5.74, 6) is 0.971. The number of methoxy groups -OCH3 is 1. The molecule has 9 heteroatoms. The molecule has 0 saturated carbocycles. The molecular weight excluding hydrogens is 427 g/mol. The van der Waals surface area contributed by atoms with Gasteiger partial charge in [-0.15, -0.1) is 24.8 Å². The van der Waals surface area contributed by atoms with E-state index < -0.39 is 0 Å². The Morgan fingerprint density at radius 2 is 1.57 bits per heavy atom. The van der Waals surface area contributed by atoms with Crippen LogP contribution in [0.1, 0.15) is 39.0 Å². The molecule has 3 aliphatic rings. The average Bonchev–Trinajstić information content (AvgIpc) is 2.74. The van der Waals surface area contributed by atoms with Crippen molar-refractivity contribution in [3.63, 3.8) is 0 Å². The standard InChI is InChI=1S/C21H38N4O3.2ClH/c1-3-23-12-14-24(15-13-23)19(26)16-18-4-10-25(11-5-18)20(27)21(17-28-2)6-8-22-9-7-21;;/h18,22H,3-17H2,1-2H3;2*1H. The zero-order valence-corrected chi connectivity index (χ0v) is 20.2. The maximum Gasteiger partial charge on any atom is 0.231 e. The van der Waals surface area contributed by atoms with Crippen LogP contribution < -0.4 is 5.32 Å². The van der Waals surface area contributed by atoms with Crippen molar-refractivity contribution in [2.24, 2.45) is 11.3 Å². The predicted octanol–water partition coefficient (Wildman–Crippen LogP) is 1.64. The minimum absolute atomic E-state index is 0. The fourth-order valence-corrected chi connectivity index (χ4v) is 4.97. The van der Waals surface area contributed by atoms with Crippen molar-refractivity contribution < 1.29 is 14.3 Å². The zero-order valence-electron chi connectivity index (χ0n) is 18.6. The molecule has 0 unspecified atom stereocenters. The summed E-state index contributed by atoms with van der Waals surface area (Å²) >= 11 is 0. The van der Waals surface area contributed by atoms with Crippen LogP contribution in [0.2, 0.25) is 0 Å². The van der Waals surface area contributed by atoms with Crippen LogP contribution in [0.15, 0.2) is 0 Å². The number of hydrogen-bond acceptors (Lipinski definition) is 5. The quantitative estimate of drug-likeness (QED) is 0.644. The van der Waals surface area contributed by atoms with Gasteiger partial charge in [-0.05, 0) is 51.2 Å². The number of likely N-dealkylation sites (tertiary alicyclic amines) is 1. The van der Waals surface area contributed by atoms with Crippen molar-refractivity contribution in [2.45, 2.75) is 39.0 Å². The number of halogens is 2. The smallest absolute Gasteiger partial charge is 0.231 e. The van der Waals surface area contributed by atoms with Gasteiger partial charge in [-0.25, -0.2) is 0 Å². The molecule has 0 aliphatic carbocycles. The second-order valence-corrected chi connectivity index (χ2v) is 8.72. The Labute approximate surface area is 194 Å². The molecule has 7 nitrogen and oxygen atoms in total. The Balaban J connectivity index is 0.00000225. The van der Waals surface area contributed by atoms with Crippen LogP contribution in [0.5, 0.6) is 0 Å². The predicted molar refractivity (Wildman–Crippen MR) is 124 cm³/mol. The molecule has 30 heavy (non-hydrogen) atoms. The van der Waals surface area contributed by atoms with Gasteiger partial charge in [0.15, 0.2) is 0 Å². The van der Waals surface area contributed by atoms with Crippen LogP contribution in [0.25, 0.3) is 0 Å². The number of carbonyl (C=O) groups is 2. The topological polar surface area (TPSA) is 65.1 Å². The molecule has 0 atom stereocenters. The van der Waals surface area contributed by atoms with E-state index in [0.29, 0.717) is 24.9 Å². The van der Waals surface area contributed by atoms with E-state index in [-0.39, 0.29) is 36.1 Å². The van der Waals surface area contributed by atoms with Crippen molar-refractivity contribution >= 4 is 36.6 Å². The molecule has 2 amide bonds. The van der Waals surface area contributed by atoms with Gasteiger partial charge in [-0.3, -0.25) is 9.59 Å². The first-order valence-electron chi connectivity index (χ1n) is 11.1. The Hall–Kier alpha value is -0.600. The van der Waals surface area contributed by atoms with E-state index >= 15 is 0 Å². The average molecular weight is 467 g/mol. The third kappa shape index (κ3) is 6.70. The first-order chi connectivity index (χ1) is 13.6. The lowest BCUT2D eigenvalue weighted by molar-refractivity contribution is -0.149. The van der Waals surface area contributed by atoms with Gasteiger partial charge in [0, 0.05) is 52.8 Å². The molecule has 0 bridgehead atoms. The molecule has 0 aromatic rings. The van der Waals surface area contributed by atoms with Gasteiger partial charge in [0.25, 0.3) is 0 Å². The number of piperazine rings is 1. The van der Waals surface area contributed by atoms with Gasteiger partial charge in [0.05, 0.1) is 12.0 Å². The lowest BCUT2D eigenvalue weighted by atomic mass is 9.77. The Kier molecular flexibility index (Phi) is 11.9. The largest absolute Gasteiger partial charge is 0.384 e.